The molecular formula is C17H18ClNO4S. The highest BCUT2D eigenvalue weighted by atomic mass is 35.5. The highest BCUT2D eigenvalue weighted by molar-refractivity contribution is 7.92. The molecule has 0 bridgehead atoms. The smallest absolute Gasteiger partial charge is 0.262 e. The first-order chi connectivity index (χ1) is 11.3. The first-order valence-electron chi connectivity index (χ1n) is 7.48. The summed E-state index contributed by atoms with van der Waals surface area (Å²) in [6.07, 6.45) is 0. The van der Waals surface area contributed by atoms with Crippen molar-refractivity contribution in [1.29, 1.82) is 0 Å². The van der Waals surface area contributed by atoms with Gasteiger partial charge in [-0.25, -0.2) is 8.42 Å². The number of benzene rings is 2. The number of ether oxygens (including phenoxy) is 2. The van der Waals surface area contributed by atoms with Crippen LogP contribution >= 0.6 is 11.6 Å². The molecule has 1 N–H and O–H groups in total. The Bertz CT molecular complexity index is 886. The van der Waals surface area contributed by atoms with E-state index in [1.54, 1.807) is 26.0 Å². The molecule has 5 nitrogen and oxygen atoms in total. The second-order valence-corrected chi connectivity index (χ2v) is 7.84. The van der Waals surface area contributed by atoms with Crippen LogP contribution in [0.3, 0.4) is 0 Å². The number of rotatable bonds is 3. The molecule has 128 valence electrons. The van der Waals surface area contributed by atoms with Gasteiger partial charge >= 0.3 is 0 Å². The molecule has 0 amide bonds. The van der Waals surface area contributed by atoms with Crippen molar-refractivity contribution >= 4 is 27.3 Å². The van der Waals surface area contributed by atoms with Crippen LogP contribution in [0.4, 0.5) is 5.69 Å². The first kappa shape index (κ1) is 16.9. The van der Waals surface area contributed by atoms with E-state index in [0.717, 1.165) is 5.56 Å². The Morgan fingerprint density at radius 1 is 0.958 bits per heavy atom. The zero-order valence-electron chi connectivity index (χ0n) is 13.6. The minimum Gasteiger partial charge on any atom is -0.486 e. The van der Waals surface area contributed by atoms with Gasteiger partial charge in [-0.3, -0.25) is 4.72 Å². The van der Waals surface area contributed by atoms with Crippen molar-refractivity contribution in [3.8, 4) is 11.5 Å². The van der Waals surface area contributed by atoms with Gasteiger partial charge < -0.3 is 9.47 Å². The molecule has 3 rings (SSSR count). The summed E-state index contributed by atoms with van der Waals surface area (Å²) in [5.41, 5.74) is 2.66. The average Bonchev–Trinajstić information content (AvgIpc) is 2.46. The summed E-state index contributed by atoms with van der Waals surface area (Å²) >= 11 is 6.20. The van der Waals surface area contributed by atoms with Crippen LogP contribution in [-0.4, -0.2) is 21.6 Å². The molecule has 0 saturated heterocycles. The quantitative estimate of drug-likeness (QED) is 0.895. The number of halogens is 1. The zero-order valence-corrected chi connectivity index (χ0v) is 15.2. The molecule has 7 heteroatoms. The molecular weight excluding hydrogens is 350 g/mol. The van der Waals surface area contributed by atoms with E-state index in [9.17, 15) is 8.42 Å². The number of anilines is 1. The predicted octanol–water partition coefficient (Wildman–Crippen LogP) is 3.84. The number of sulfonamides is 1. The molecule has 0 atom stereocenters. The largest absolute Gasteiger partial charge is 0.486 e. The standard InChI is InChI=1S/C17H18ClNO4S/c1-10-6-11(2)17(12(3)7-10)24(20,21)19-14-9-16-15(8-13(14)18)22-4-5-23-16/h6-9,19H,4-5H2,1-3H3. The van der Waals surface area contributed by atoms with E-state index in [2.05, 4.69) is 4.72 Å². The zero-order chi connectivity index (χ0) is 17.5. The third-order valence-electron chi connectivity index (χ3n) is 3.75. The highest BCUT2D eigenvalue weighted by Crippen LogP contribution is 2.39. The van der Waals surface area contributed by atoms with Crippen LogP contribution in [0.5, 0.6) is 11.5 Å². The lowest BCUT2D eigenvalue weighted by molar-refractivity contribution is 0.171. The van der Waals surface area contributed by atoms with E-state index in [0.29, 0.717) is 35.8 Å². The SMILES string of the molecule is Cc1cc(C)c(S(=O)(=O)Nc2cc3c(cc2Cl)OCCO3)c(C)c1. The Balaban J connectivity index is 2.02. The van der Waals surface area contributed by atoms with E-state index >= 15 is 0 Å². The molecule has 0 unspecified atom stereocenters. The van der Waals surface area contributed by atoms with Crippen LogP contribution in [0.15, 0.2) is 29.2 Å². The summed E-state index contributed by atoms with van der Waals surface area (Å²) in [4.78, 5) is 0.263. The van der Waals surface area contributed by atoms with Gasteiger partial charge in [0.25, 0.3) is 10.0 Å². The monoisotopic (exact) mass is 367 g/mol. The molecule has 0 aliphatic carbocycles. The third kappa shape index (κ3) is 3.16. The average molecular weight is 368 g/mol. The van der Waals surface area contributed by atoms with Crippen molar-refractivity contribution in [3.05, 3.63) is 46.0 Å². The van der Waals surface area contributed by atoms with Gasteiger partial charge in [-0.1, -0.05) is 29.3 Å². The summed E-state index contributed by atoms with van der Waals surface area (Å²) in [7, 11) is -3.77. The van der Waals surface area contributed by atoms with Gasteiger partial charge in [-0.15, -0.1) is 0 Å². The summed E-state index contributed by atoms with van der Waals surface area (Å²) in [5.74, 6) is 0.984. The number of hydrogen-bond acceptors (Lipinski definition) is 4. The summed E-state index contributed by atoms with van der Waals surface area (Å²) in [6.45, 7) is 6.34. The van der Waals surface area contributed by atoms with Crippen LogP contribution in [0.2, 0.25) is 5.02 Å². The number of aryl methyl sites for hydroxylation is 3. The molecule has 2 aromatic rings. The van der Waals surface area contributed by atoms with Gasteiger partial charge in [0.15, 0.2) is 11.5 Å². The fourth-order valence-electron chi connectivity index (χ4n) is 2.93. The second kappa shape index (κ2) is 6.18. The Kier molecular flexibility index (Phi) is 4.36. The van der Waals surface area contributed by atoms with Crippen LogP contribution in [-0.2, 0) is 10.0 Å². The molecule has 1 aliphatic heterocycles. The summed E-state index contributed by atoms with van der Waals surface area (Å²) in [6, 6.07) is 6.79. The number of nitrogens with one attached hydrogen (secondary N) is 1. The topological polar surface area (TPSA) is 64.6 Å². The Morgan fingerprint density at radius 3 is 2.08 bits per heavy atom. The Labute approximate surface area is 146 Å². The van der Waals surface area contributed by atoms with Crippen LogP contribution in [0.25, 0.3) is 0 Å². The minimum atomic E-state index is -3.77. The number of fused-ring (bicyclic) bond motifs is 1. The molecule has 1 aliphatic rings. The Hall–Kier alpha value is -1.92. The first-order valence-corrected chi connectivity index (χ1v) is 9.34. The van der Waals surface area contributed by atoms with Gasteiger partial charge in [0.1, 0.15) is 13.2 Å². The number of hydrogen-bond donors (Lipinski definition) is 1. The van der Waals surface area contributed by atoms with Gasteiger partial charge in [-0.2, -0.15) is 0 Å². The Morgan fingerprint density at radius 2 is 1.50 bits per heavy atom. The van der Waals surface area contributed by atoms with Crippen LogP contribution < -0.4 is 14.2 Å². The molecule has 0 spiro atoms. The van der Waals surface area contributed by atoms with E-state index < -0.39 is 10.0 Å². The van der Waals surface area contributed by atoms with Gasteiger partial charge in [0, 0.05) is 12.1 Å². The molecule has 2 aromatic carbocycles. The fraction of sp³-hybridized carbons (Fsp3) is 0.294. The maximum atomic E-state index is 12.8. The second-order valence-electron chi connectivity index (χ2n) is 5.81. The van der Waals surface area contributed by atoms with Crippen molar-refractivity contribution < 1.29 is 17.9 Å². The van der Waals surface area contributed by atoms with E-state index in [1.807, 2.05) is 19.1 Å². The predicted molar refractivity (Wildman–Crippen MR) is 93.9 cm³/mol. The van der Waals surface area contributed by atoms with Crippen molar-refractivity contribution in [1.82, 2.24) is 0 Å². The van der Waals surface area contributed by atoms with Gasteiger partial charge in [-0.05, 0) is 31.9 Å². The molecule has 0 fully saturated rings. The van der Waals surface area contributed by atoms with E-state index in [1.165, 1.54) is 0 Å². The van der Waals surface area contributed by atoms with Crippen molar-refractivity contribution in [3.63, 3.8) is 0 Å². The van der Waals surface area contributed by atoms with Crippen LogP contribution in [0, 0.1) is 20.8 Å². The highest BCUT2D eigenvalue weighted by Gasteiger charge is 2.23. The van der Waals surface area contributed by atoms with Crippen molar-refractivity contribution in [2.24, 2.45) is 0 Å². The van der Waals surface area contributed by atoms with Crippen LogP contribution in [0.1, 0.15) is 16.7 Å². The molecule has 0 saturated carbocycles. The third-order valence-corrected chi connectivity index (χ3v) is 5.73. The minimum absolute atomic E-state index is 0.255. The lowest BCUT2D eigenvalue weighted by Crippen LogP contribution is -2.18. The van der Waals surface area contributed by atoms with E-state index in [4.69, 9.17) is 21.1 Å². The van der Waals surface area contributed by atoms with Gasteiger partial charge in [0.2, 0.25) is 0 Å². The fourth-order valence-corrected chi connectivity index (χ4v) is 4.71. The maximum Gasteiger partial charge on any atom is 0.262 e. The van der Waals surface area contributed by atoms with Gasteiger partial charge in [0.05, 0.1) is 15.6 Å². The molecule has 0 radical (unpaired) electrons. The van der Waals surface area contributed by atoms with E-state index in [-0.39, 0.29) is 15.6 Å². The summed E-state index contributed by atoms with van der Waals surface area (Å²) < 4.78 is 39.1. The van der Waals surface area contributed by atoms with Crippen molar-refractivity contribution in [2.45, 2.75) is 25.7 Å². The summed E-state index contributed by atoms with van der Waals surface area (Å²) in [5, 5.41) is 0.255. The normalized spacial score (nSPS) is 13.7. The molecule has 0 aromatic heterocycles. The van der Waals surface area contributed by atoms with Crippen molar-refractivity contribution in [2.75, 3.05) is 17.9 Å². The maximum absolute atomic E-state index is 12.8. The lowest BCUT2D eigenvalue weighted by Gasteiger charge is -2.20. The lowest BCUT2D eigenvalue weighted by atomic mass is 10.1. The molecule has 24 heavy (non-hydrogen) atoms. The molecule has 1 heterocycles.